The van der Waals surface area contributed by atoms with Crippen molar-refractivity contribution in [2.75, 3.05) is 12.9 Å². The average molecular weight is 340 g/mol. The first-order valence-electron chi connectivity index (χ1n) is 7.49. The zero-order valence-corrected chi connectivity index (χ0v) is 14.2. The van der Waals surface area contributed by atoms with Gasteiger partial charge in [-0.05, 0) is 36.1 Å². The number of methoxy groups -OCH3 is 1. The van der Waals surface area contributed by atoms with Crippen LogP contribution < -0.4 is 5.56 Å². The Bertz CT molecular complexity index is 952. The first-order chi connectivity index (χ1) is 11.7. The Balaban J connectivity index is 2.29. The van der Waals surface area contributed by atoms with E-state index in [0.29, 0.717) is 21.6 Å². The fraction of sp³-hybridized carbons (Fsp3) is 0.167. The highest BCUT2D eigenvalue weighted by Crippen LogP contribution is 2.21. The molecule has 0 aliphatic rings. The van der Waals surface area contributed by atoms with Crippen LogP contribution in [0.3, 0.4) is 0 Å². The smallest absolute Gasteiger partial charge is 0.337 e. The predicted molar refractivity (Wildman–Crippen MR) is 95.1 cm³/mol. The summed E-state index contributed by atoms with van der Waals surface area (Å²) in [5.41, 5.74) is 1.48. The summed E-state index contributed by atoms with van der Waals surface area (Å²) in [5.74, 6) is 0.331. The van der Waals surface area contributed by atoms with E-state index in [1.807, 2.05) is 37.3 Å². The van der Waals surface area contributed by atoms with Crippen molar-refractivity contribution < 1.29 is 9.53 Å². The summed E-state index contributed by atoms with van der Waals surface area (Å²) in [5, 5.41) is 1.06. The second-order valence-electron chi connectivity index (χ2n) is 5.03. The van der Waals surface area contributed by atoms with Gasteiger partial charge >= 0.3 is 5.97 Å². The van der Waals surface area contributed by atoms with E-state index in [1.165, 1.54) is 18.9 Å². The molecule has 0 atom stereocenters. The first-order valence-corrected chi connectivity index (χ1v) is 8.47. The predicted octanol–water partition coefficient (Wildman–Crippen LogP) is 3.28. The van der Waals surface area contributed by atoms with Crippen LogP contribution in [0, 0.1) is 0 Å². The monoisotopic (exact) mass is 340 g/mol. The number of thioether (sulfide) groups is 1. The second-order valence-corrected chi connectivity index (χ2v) is 6.26. The van der Waals surface area contributed by atoms with Gasteiger partial charge in [0.25, 0.3) is 5.56 Å². The summed E-state index contributed by atoms with van der Waals surface area (Å²) in [6.07, 6.45) is 0. The molecule has 0 saturated carbocycles. The Morgan fingerprint density at radius 3 is 2.62 bits per heavy atom. The summed E-state index contributed by atoms with van der Waals surface area (Å²) in [6, 6.07) is 14.2. The maximum absolute atomic E-state index is 13.0. The fourth-order valence-corrected chi connectivity index (χ4v) is 3.18. The molecule has 0 saturated heterocycles. The van der Waals surface area contributed by atoms with Gasteiger partial charge in [-0.15, -0.1) is 0 Å². The van der Waals surface area contributed by atoms with Crippen molar-refractivity contribution in [1.82, 2.24) is 9.55 Å². The maximum Gasteiger partial charge on any atom is 0.337 e. The van der Waals surface area contributed by atoms with Gasteiger partial charge in [0.05, 0.1) is 29.3 Å². The van der Waals surface area contributed by atoms with Crippen LogP contribution in [0.15, 0.2) is 58.5 Å². The number of carbonyl (C=O) groups is 1. The van der Waals surface area contributed by atoms with Crippen molar-refractivity contribution in [3.63, 3.8) is 0 Å². The largest absolute Gasteiger partial charge is 0.465 e. The van der Waals surface area contributed by atoms with Gasteiger partial charge < -0.3 is 4.74 Å². The molecule has 3 rings (SSSR count). The van der Waals surface area contributed by atoms with Crippen LogP contribution in [0.5, 0.6) is 0 Å². The summed E-state index contributed by atoms with van der Waals surface area (Å²) in [6.45, 7) is 2.00. The van der Waals surface area contributed by atoms with Gasteiger partial charge in [-0.3, -0.25) is 9.36 Å². The van der Waals surface area contributed by atoms with E-state index < -0.39 is 5.97 Å². The lowest BCUT2D eigenvalue weighted by Gasteiger charge is -2.13. The lowest BCUT2D eigenvalue weighted by molar-refractivity contribution is 0.0601. The highest BCUT2D eigenvalue weighted by Gasteiger charge is 2.15. The number of hydrogen-bond donors (Lipinski definition) is 0. The van der Waals surface area contributed by atoms with E-state index in [-0.39, 0.29) is 5.56 Å². The number of ether oxygens (including phenoxy) is 1. The number of carbonyl (C=O) groups excluding carboxylic acids is 1. The van der Waals surface area contributed by atoms with E-state index >= 15 is 0 Å². The topological polar surface area (TPSA) is 61.2 Å². The van der Waals surface area contributed by atoms with E-state index in [0.717, 1.165) is 11.4 Å². The number of nitrogens with zero attached hydrogens (tertiary/aromatic N) is 2. The lowest BCUT2D eigenvalue weighted by Crippen LogP contribution is -2.22. The van der Waals surface area contributed by atoms with Crippen LogP contribution >= 0.6 is 11.8 Å². The zero-order valence-electron chi connectivity index (χ0n) is 13.4. The molecule has 0 aliphatic heterocycles. The molecule has 0 spiro atoms. The summed E-state index contributed by atoms with van der Waals surface area (Å²) in [7, 11) is 1.33. The minimum Gasteiger partial charge on any atom is -0.465 e. The number of para-hydroxylation sites is 1. The SMILES string of the molecule is CCSc1nc2cc(C(=O)OC)ccc2c(=O)n1-c1ccccc1. The number of esters is 1. The van der Waals surface area contributed by atoms with Gasteiger partial charge in [-0.1, -0.05) is 36.9 Å². The molecule has 0 bridgehead atoms. The fourth-order valence-electron chi connectivity index (χ4n) is 2.44. The van der Waals surface area contributed by atoms with Gasteiger partial charge in [-0.25, -0.2) is 9.78 Å². The molecule has 122 valence electrons. The lowest BCUT2D eigenvalue weighted by atomic mass is 10.1. The number of aromatic nitrogens is 2. The zero-order chi connectivity index (χ0) is 17.1. The Morgan fingerprint density at radius 2 is 1.96 bits per heavy atom. The van der Waals surface area contributed by atoms with Gasteiger partial charge in [0.15, 0.2) is 5.16 Å². The second kappa shape index (κ2) is 6.88. The molecular formula is C18H16N2O3S. The molecular weight excluding hydrogens is 324 g/mol. The molecule has 24 heavy (non-hydrogen) atoms. The van der Waals surface area contributed by atoms with Crippen molar-refractivity contribution in [2.45, 2.75) is 12.1 Å². The third-order valence-corrected chi connectivity index (χ3v) is 4.37. The van der Waals surface area contributed by atoms with E-state index in [9.17, 15) is 9.59 Å². The van der Waals surface area contributed by atoms with Gasteiger partial charge in [0, 0.05) is 0 Å². The van der Waals surface area contributed by atoms with E-state index in [1.54, 1.807) is 22.8 Å². The number of fused-ring (bicyclic) bond motifs is 1. The summed E-state index contributed by atoms with van der Waals surface area (Å²) in [4.78, 5) is 29.3. The normalized spacial score (nSPS) is 10.8. The van der Waals surface area contributed by atoms with Crippen LogP contribution in [0.2, 0.25) is 0 Å². The van der Waals surface area contributed by atoms with Crippen molar-refractivity contribution in [3.05, 3.63) is 64.4 Å². The minimum atomic E-state index is -0.448. The van der Waals surface area contributed by atoms with Crippen molar-refractivity contribution in [2.24, 2.45) is 0 Å². The summed E-state index contributed by atoms with van der Waals surface area (Å²) < 4.78 is 6.34. The molecule has 0 unspecified atom stereocenters. The van der Waals surface area contributed by atoms with Crippen LogP contribution in [0.1, 0.15) is 17.3 Å². The Morgan fingerprint density at radius 1 is 1.21 bits per heavy atom. The van der Waals surface area contributed by atoms with Crippen molar-refractivity contribution in [3.8, 4) is 5.69 Å². The van der Waals surface area contributed by atoms with Gasteiger partial charge in [0.2, 0.25) is 0 Å². The molecule has 2 aromatic carbocycles. The number of rotatable bonds is 4. The van der Waals surface area contributed by atoms with E-state index in [2.05, 4.69) is 4.98 Å². The molecule has 0 fully saturated rings. The quantitative estimate of drug-likeness (QED) is 0.414. The molecule has 0 aliphatic carbocycles. The van der Waals surface area contributed by atoms with Gasteiger partial charge in [-0.2, -0.15) is 0 Å². The molecule has 3 aromatic rings. The Kier molecular flexibility index (Phi) is 4.66. The standard InChI is InChI=1S/C18H16N2O3S/c1-3-24-18-19-15-11-12(17(22)23-2)9-10-14(15)16(21)20(18)13-7-5-4-6-8-13/h4-11H,3H2,1-2H3. The highest BCUT2D eigenvalue weighted by atomic mass is 32.2. The van der Waals surface area contributed by atoms with Crippen LogP contribution in [-0.4, -0.2) is 28.4 Å². The van der Waals surface area contributed by atoms with Crippen molar-refractivity contribution in [1.29, 1.82) is 0 Å². The highest BCUT2D eigenvalue weighted by molar-refractivity contribution is 7.99. The third-order valence-electron chi connectivity index (χ3n) is 3.55. The molecule has 0 N–H and O–H groups in total. The van der Waals surface area contributed by atoms with Gasteiger partial charge in [0.1, 0.15) is 0 Å². The van der Waals surface area contributed by atoms with E-state index in [4.69, 9.17) is 4.74 Å². The molecule has 5 nitrogen and oxygen atoms in total. The molecule has 1 aromatic heterocycles. The maximum atomic E-state index is 13.0. The summed E-state index contributed by atoms with van der Waals surface area (Å²) >= 11 is 1.48. The Labute approximate surface area is 143 Å². The molecule has 0 amide bonds. The van der Waals surface area contributed by atoms with Crippen LogP contribution in [0.25, 0.3) is 16.6 Å². The number of hydrogen-bond acceptors (Lipinski definition) is 5. The van der Waals surface area contributed by atoms with Crippen LogP contribution in [-0.2, 0) is 4.74 Å². The Hall–Kier alpha value is -2.60. The number of benzene rings is 2. The third kappa shape index (κ3) is 2.92. The first kappa shape index (κ1) is 16.3. The van der Waals surface area contributed by atoms with Crippen molar-refractivity contribution >= 4 is 28.6 Å². The molecule has 1 heterocycles. The average Bonchev–Trinajstić information content (AvgIpc) is 2.62. The minimum absolute atomic E-state index is 0.154. The molecule has 6 heteroatoms. The molecule has 0 radical (unpaired) electrons. The van der Waals surface area contributed by atoms with Crippen LogP contribution in [0.4, 0.5) is 0 Å².